The Labute approximate surface area is 169 Å². The van der Waals surface area contributed by atoms with Crippen LogP contribution in [0.2, 0.25) is 0 Å². The third-order valence-corrected chi connectivity index (χ3v) is 7.40. The summed E-state index contributed by atoms with van der Waals surface area (Å²) in [5.41, 5.74) is -1.42. The zero-order valence-electron chi connectivity index (χ0n) is 17.1. The number of carbonyl (C=O) groups excluding carboxylic acids is 2. The highest BCUT2D eigenvalue weighted by Crippen LogP contribution is 2.81. The molecule has 0 aliphatic heterocycles. The molecule has 6 unspecified atom stereocenters. The molecule has 0 bridgehead atoms. The lowest BCUT2D eigenvalue weighted by molar-refractivity contribution is -0.168. The third kappa shape index (κ3) is 2.73. The van der Waals surface area contributed by atoms with Crippen molar-refractivity contribution in [3.8, 4) is 5.75 Å². The Bertz CT molecular complexity index is 825. The highest BCUT2D eigenvalue weighted by Gasteiger charge is 2.86. The first kappa shape index (κ1) is 21.1. The van der Waals surface area contributed by atoms with Crippen molar-refractivity contribution in [2.24, 2.45) is 40.4 Å². The minimum Gasteiger partial charge on any atom is -0.497 e. The van der Waals surface area contributed by atoms with Gasteiger partial charge >= 0.3 is 11.9 Å². The van der Waals surface area contributed by atoms with E-state index in [0.29, 0.717) is 24.3 Å². The van der Waals surface area contributed by atoms with Crippen LogP contribution in [0.25, 0.3) is 0 Å². The number of fused-ring (bicyclic) bond motifs is 1. The van der Waals surface area contributed by atoms with Crippen molar-refractivity contribution in [1.29, 1.82) is 0 Å². The van der Waals surface area contributed by atoms with Crippen LogP contribution in [-0.4, -0.2) is 30.1 Å². The second kappa shape index (κ2) is 7.33. The minimum atomic E-state index is -1.12. The molecule has 8 nitrogen and oxygen atoms in total. The molecular weight excluding hydrogens is 376 g/mol. The van der Waals surface area contributed by atoms with E-state index in [1.165, 1.54) is 0 Å². The van der Waals surface area contributed by atoms with E-state index >= 15 is 0 Å². The number of hydrogen-bond acceptors (Lipinski definition) is 6. The van der Waals surface area contributed by atoms with Crippen LogP contribution in [0.5, 0.6) is 5.75 Å². The van der Waals surface area contributed by atoms with Gasteiger partial charge in [0.2, 0.25) is 5.91 Å². The highest BCUT2D eigenvalue weighted by molar-refractivity contribution is 5.97. The maximum Gasteiger partial charge on any atom is 0.331 e. The van der Waals surface area contributed by atoms with Crippen LogP contribution in [0.1, 0.15) is 33.6 Å². The molecule has 0 spiro atoms. The lowest BCUT2D eigenvalue weighted by atomic mass is 9.62. The molecule has 2 fully saturated rings. The number of benzene rings is 1. The largest absolute Gasteiger partial charge is 0.497 e. The molecule has 6 atom stereocenters. The van der Waals surface area contributed by atoms with Gasteiger partial charge in [-0.1, -0.05) is 27.2 Å². The summed E-state index contributed by atoms with van der Waals surface area (Å²) in [6.45, 7) is 5.50. The molecule has 2 aliphatic carbocycles. The SMILES string of the molecule is CCC1C(C(=O)Nc2ccc(OC)cc2)C2C(C(=O)O)C2(C)C1(CC)C(=O)ON. The minimum absolute atomic E-state index is 0.290. The fraction of sp³-hybridized carbons (Fsp3) is 0.571. The lowest BCUT2D eigenvalue weighted by Gasteiger charge is -2.40. The second-order valence-corrected chi connectivity index (χ2v) is 8.11. The van der Waals surface area contributed by atoms with Gasteiger partial charge in [-0.05, 0) is 42.5 Å². The lowest BCUT2D eigenvalue weighted by Crippen LogP contribution is -2.48. The molecule has 158 valence electrons. The molecule has 29 heavy (non-hydrogen) atoms. The van der Waals surface area contributed by atoms with E-state index in [1.54, 1.807) is 38.3 Å². The molecule has 1 aromatic rings. The molecule has 0 saturated heterocycles. The zero-order valence-corrected chi connectivity index (χ0v) is 17.1. The first-order valence-corrected chi connectivity index (χ1v) is 9.83. The van der Waals surface area contributed by atoms with Gasteiger partial charge in [0.15, 0.2) is 0 Å². The molecule has 0 aromatic heterocycles. The van der Waals surface area contributed by atoms with Crippen LogP contribution in [-0.2, 0) is 19.2 Å². The van der Waals surface area contributed by atoms with Gasteiger partial charge in [-0.2, -0.15) is 5.90 Å². The number of aliphatic carboxylic acids is 1. The van der Waals surface area contributed by atoms with E-state index in [0.717, 1.165) is 0 Å². The van der Waals surface area contributed by atoms with Crippen LogP contribution in [0.4, 0.5) is 5.69 Å². The highest BCUT2D eigenvalue weighted by atomic mass is 16.7. The van der Waals surface area contributed by atoms with Gasteiger partial charge in [0.1, 0.15) is 5.75 Å². The molecule has 2 aliphatic rings. The predicted molar refractivity (Wildman–Crippen MR) is 105 cm³/mol. The van der Waals surface area contributed by atoms with Crippen LogP contribution in [0.15, 0.2) is 24.3 Å². The predicted octanol–water partition coefficient (Wildman–Crippen LogP) is 2.44. The summed E-state index contributed by atoms with van der Waals surface area (Å²) in [4.78, 5) is 42.7. The molecular formula is C21H28N2O6. The average Bonchev–Trinajstić information content (AvgIpc) is 3.27. The zero-order chi connectivity index (χ0) is 21.6. The number of anilines is 1. The quantitative estimate of drug-likeness (QED) is 0.596. The average molecular weight is 404 g/mol. The summed E-state index contributed by atoms with van der Waals surface area (Å²) < 4.78 is 5.13. The van der Waals surface area contributed by atoms with Gasteiger partial charge in [0.25, 0.3) is 0 Å². The summed E-state index contributed by atoms with van der Waals surface area (Å²) in [5, 5.41) is 12.7. The van der Waals surface area contributed by atoms with Crippen LogP contribution in [0.3, 0.4) is 0 Å². The third-order valence-electron chi connectivity index (χ3n) is 7.40. The Morgan fingerprint density at radius 3 is 2.28 bits per heavy atom. The molecule has 1 aromatic carbocycles. The van der Waals surface area contributed by atoms with Crippen molar-refractivity contribution in [3.63, 3.8) is 0 Å². The van der Waals surface area contributed by atoms with Gasteiger partial charge in [-0.15, -0.1) is 0 Å². The van der Waals surface area contributed by atoms with Crippen LogP contribution in [0, 0.1) is 34.5 Å². The number of carboxylic acid groups (broad SMARTS) is 1. The number of carbonyl (C=O) groups is 3. The Balaban J connectivity index is 1.99. The first-order valence-electron chi connectivity index (χ1n) is 9.83. The standard InChI is InChI=1S/C21H28N2O6/c1-5-13-14(17(24)23-11-7-9-12(28-4)10-8-11)15-16(18(25)26)20(15,3)21(13,6-2)19(27)29-22/h7-10,13-16H,5-6,22H2,1-4H3,(H,23,24)(H,25,26). The van der Waals surface area contributed by atoms with Gasteiger partial charge in [-0.25, -0.2) is 4.79 Å². The number of carboxylic acids is 1. The summed E-state index contributed by atoms with van der Waals surface area (Å²) in [6, 6.07) is 6.89. The van der Waals surface area contributed by atoms with Crippen molar-refractivity contribution in [1.82, 2.24) is 0 Å². The Kier molecular flexibility index (Phi) is 5.34. The van der Waals surface area contributed by atoms with Crippen molar-refractivity contribution in [2.45, 2.75) is 33.6 Å². The summed E-state index contributed by atoms with van der Waals surface area (Å²) in [5.74, 6) is 1.73. The number of amides is 1. The van der Waals surface area contributed by atoms with Gasteiger partial charge in [0.05, 0.1) is 18.4 Å². The van der Waals surface area contributed by atoms with E-state index < -0.39 is 40.5 Å². The molecule has 0 heterocycles. The van der Waals surface area contributed by atoms with Gasteiger partial charge in [0, 0.05) is 17.0 Å². The summed E-state index contributed by atoms with van der Waals surface area (Å²) in [7, 11) is 1.55. The molecule has 2 saturated carbocycles. The van der Waals surface area contributed by atoms with E-state index in [4.69, 9.17) is 10.6 Å². The molecule has 3 rings (SSSR count). The fourth-order valence-corrected chi connectivity index (χ4v) is 6.18. The van der Waals surface area contributed by atoms with Gasteiger partial charge in [-0.3, -0.25) is 9.59 Å². The number of ether oxygens (including phenoxy) is 1. The molecule has 8 heteroatoms. The second-order valence-electron chi connectivity index (χ2n) is 8.11. The number of rotatable bonds is 7. The maximum absolute atomic E-state index is 13.3. The number of nitrogens with one attached hydrogen (secondary N) is 1. The number of nitrogens with two attached hydrogens (primary N) is 1. The maximum atomic E-state index is 13.3. The van der Waals surface area contributed by atoms with Crippen LogP contribution >= 0.6 is 0 Å². The summed E-state index contributed by atoms with van der Waals surface area (Å²) >= 11 is 0. The Morgan fingerprint density at radius 2 is 1.83 bits per heavy atom. The van der Waals surface area contributed by atoms with E-state index in [2.05, 4.69) is 10.2 Å². The van der Waals surface area contributed by atoms with Crippen molar-refractivity contribution in [2.75, 3.05) is 12.4 Å². The number of methoxy groups -OCH3 is 1. The van der Waals surface area contributed by atoms with E-state index in [-0.39, 0.29) is 11.8 Å². The summed E-state index contributed by atoms with van der Waals surface area (Å²) in [6.07, 6.45) is 0.882. The van der Waals surface area contributed by atoms with Gasteiger partial charge < -0.3 is 20.0 Å². The monoisotopic (exact) mass is 404 g/mol. The van der Waals surface area contributed by atoms with Crippen molar-refractivity contribution >= 4 is 23.5 Å². The first-order chi connectivity index (χ1) is 13.7. The Morgan fingerprint density at radius 1 is 1.21 bits per heavy atom. The van der Waals surface area contributed by atoms with Crippen molar-refractivity contribution in [3.05, 3.63) is 24.3 Å². The molecule has 1 amide bonds. The molecule has 4 N–H and O–H groups in total. The normalized spacial score (nSPS) is 34.8. The van der Waals surface area contributed by atoms with Crippen LogP contribution < -0.4 is 16.0 Å². The fourth-order valence-electron chi connectivity index (χ4n) is 6.18. The van der Waals surface area contributed by atoms with E-state index in [9.17, 15) is 19.5 Å². The van der Waals surface area contributed by atoms with Crippen molar-refractivity contribution < 1.29 is 29.1 Å². The molecule has 0 radical (unpaired) electrons. The smallest absolute Gasteiger partial charge is 0.331 e. The Hall–Kier alpha value is -2.61. The van der Waals surface area contributed by atoms with E-state index in [1.807, 2.05) is 13.8 Å². The number of hydrogen-bond donors (Lipinski definition) is 3. The topological polar surface area (TPSA) is 128 Å².